The molecule has 100 valence electrons. The summed E-state index contributed by atoms with van der Waals surface area (Å²) in [5.74, 6) is 0.446. The largest absolute Gasteiger partial charge is 0.394 e. The van der Waals surface area contributed by atoms with Crippen molar-refractivity contribution in [2.45, 2.75) is 18.9 Å². The van der Waals surface area contributed by atoms with Crippen molar-refractivity contribution in [2.24, 2.45) is 0 Å². The van der Waals surface area contributed by atoms with Crippen molar-refractivity contribution in [3.05, 3.63) is 29.3 Å². The van der Waals surface area contributed by atoms with Crippen LogP contribution in [0.3, 0.4) is 0 Å². The molecule has 1 atom stereocenters. The van der Waals surface area contributed by atoms with E-state index >= 15 is 0 Å². The number of hydrogen-bond donors (Lipinski definition) is 1. The second-order valence-corrected chi connectivity index (χ2v) is 5.48. The molecule has 2 aromatic heterocycles. The van der Waals surface area contributed by atoms with Crippen LogP contribution in [0.2, 0.25) is 0 Å². The fourth-order valence-corrected chi connectivity index (χ4v) is 3.02. The van der Waals surface area contributed by atoms with Gasteiger partial charge in [-0.15, -0.1) is 11.3 Å². The van der Waals surface area contributed by atoms with Crippen molar-refractivity contribution in [2.75, 3.05) is 13.2 Å². The Bertz CT molecular complexity index is 564. The molecule has 0 bridgehead atoms. The van der Waals surface area contributed by atoms with Crippen molar-refractivity contribution in [3.8, 4) is 10.6 Å². The van der Waals surface area contributed by atoms with Crippen LogP contribution in [0.5, 0.6) is 0 Å². The molecule has 3 rings (SSSR count). The quantitative estimate of drug-likeness (QED) is 0.932. The number of amides is 1. The Morgan fingerprint density at radius 3 is 3.26 bits per heavy atom. The number of aliphatic hydroxyl groups is 1. The van der Waals surface area contributed by atoms with Crippen molar-refractivity contribution >= 4 is 17.2 Å². The highest BCUT2D eigenvalue weighted by Crippen LogP contribution is 2.26. The summed E-state index contributed by atoms with van der Waals surface area (Å²) in [7, 11) is 0. The Hall–Kier alpha value is -1.66. The molecule has 0 radical (unpaired) electrons. The highest BCUT2D eigenvalue weighted by molar-refractivity contribution is 7.13. The van der Waals surface area contributed by atoms with Crippen molar-refractivity contribution in [3.63, 3.8) is 0 Å². The molecule has 0 unspecified atom stereocenters. The van der Waals surface area contributed by atoms with Gasteiger partial charge in [-0.1, -0.05) is 11.2 Å². The monoisotopic (exact) mass is 278 g/mol. The van der Waals surface area contributed by atoms with Crippen molar-refractivity contribution in [1.82, 2.24) is 10.1 Å². The minimum atomic E-state index is -0.164. The third kappa shape index (κ3) is 2.29. The number of nitrogens with zero attached hydrogens (tertiary/aromatic N) is 2. The van der Waals surface area contributed by atoms with Crippen LogP contribution in [0.25, 0.3) is 10.6 Å². The van der Waals surface area contributed by atoms with E-state index in [1.165, 1.54) is 11.3 Å². The van der Waals surface area contributed by atoms with Crippen LogP contribution in [0, 0.1) is 0 Å². The zero-order valence-electron chi connectivity index (χ0n) is 10.3. The van der Waals surface area contributed by atoms with Gasteiger partial charge in [0.15, 0.2) is 11.5 Å². The Labute approximate surface area is 114 Å². The maximum absolute atomic E-state index is 12.3. The van der Waals surface area contributed by atoms with Crippen LogP contribution < -0.4 is 0 Å². The van der Waals surface area contributed by atoms with Crippen LogP contribution in [0.4, 0.5) is 0 Å². The summed E-state index contributed by atoms with van der Waals surface area (Å²) in [6, 6.07) is 5.42. The first kappa shape index (κ1) is 12.4. The summed E-state index contributed by atoms with van der Waals surface area (Å²) in [5.41, 5.74) is 0.309. The summed E-state index contributed by atoms with van der Waals surface area (Å²) in [6.45, 7) is 0.673. The van der Waals surface area contributed by atoms with Gasteiger partial charge in [0, 0.05) is 12.6 Å². The van der Waals surface area contributed by atoms with Crippen molar-refractivity contribution < 1.29 is 14.4 Å². The number of rotatable bonds is 3. The number of carbonyl (C=O) groups excluding carboxylic acids is 1. The van der Waals surface area contributed by atoms with E-state index in [1.807, 2.05) is 17.5 Å². The van der Waals surface area contributed by atoms with Crippen LogP contribution in [0.1, 0.15) is 23.3 Å². The fourth-order valence-electron chi connectivity index (χ4n) is 2.35. The van der Waals surface area contributed by atoms with Gasteiger partial charge in [0.2, 0.25) is 0 Å². The molecule has 0 spiro atoms. The average molecular weight is 278 g/mol. The lowest BCUT2D eigenvalue weighted by molar-refractivity contribution is 0.0667. The first-order valence-corrected chi connectivity index (χ1v) is 7.10. The minimum Gasteiger partial charge on any atom is -0.394 e. The maximum atomic E-state index is 12.3. The second kappa shape index (κ2) is 5.14. The molecular formula is C13H14N2O3S. The molecule has 1 N–H and O–H groups in total. The molecule has 2 aromatic rings. The minimum absolute atomic E-state index is 0.00136. The Kier molecular flexibility index (Phi) is 3.35. The van der Waals surface area contributed by atoms with E-state index in [4.69, 9.17) is 4.52 Å². The van der Waals surface area contributed by atoms with E-state index in [0.29, 0.717) is 18.0 Å². The summed E-state index contributed by atoms with van der Waals surface area (Å²) >= 11 is 1.54. The predicted octanol–water partition coefficient (Wildman–Crippen LogP) is 2.00. The van der Waals surface area contributed by atoms with Crippen LogP contribution >= 0.6 is 11.3 Å². The number of hydrogen-bond acceptors (Lipinski definition) is 5. The van der Waals surface area contributed by atoms with Gasteiger partial charge in [-0.25, -0.2) is 0 Å². The van der Waals surface area contributed by atoms with Crippen LogP contribution in [0.15, 0.2) is 28.1 Å². The number of carbonyl (C=O) groups is 1. The lowest BCUT2D eigenvalue weighted by Gasteiger charge is -2.21. The van der Waals surface area contributed by atoms with E-state index in [2.05, 4.69) is 5.16 Å². The van der Waals surface area contributed by atoms with Crippen LogP contribution in [-0.4, -0.2) is 40.3 Å². The van der Waals surface area contributed by atoms with Gasteiger partial charge in [-0.3, -0.25) is 4.79 Å². The number of thiophene rings is 1. The molecule has 6 heteroatoms. The smallest absolute Gasteiger partial charge is 0.276 e. The zero-order chi connectivity index (χ0) is 13.2. The first-order chi connectivity index (χ1) is 9.29. The highest BCUT2D eigenvalue weighted by atomic mass is 32.1. The molecule has 1 aliphatic heterocycles. The molecule has 5 nitrogen and oxygen atoms in total. The number of likely N-dealkylation sites (tertiary alicyclic amines) is 1. The molecule has 0 saturated carbocycles. The fraction of sp³-hybridized carbons (Fsp3) is 0.385. The van der Waals surface area contributed by atoms with Gasteiger partial charge in [-0.2, -0.15) is 0 Å². The standard InChI is InChI=1S/C13H14N2O3S/c16-8-9-3-1-5-15(9)13(17)10-7-11(18-14-10)12-4-2-6-19-12/h2,4,6-7,9,16H,1,3,5,8H2/t9-/m0/s1. The third-order valence-electron chi connectivity index (χ3n) is 3.34. The molecule has 1 aliphatic rings. The van der Waals surface area contributed by atoms with Gasteiger partial charge >= 0.3 is 0 Å². The second-order valence-electron chi connectivity index (χ2n) is 4.53. The molecule has 19 heavy (non-hydrogen) atoms. The highest BCUT2D eigenvalue weighted by Gasteiger charge is 2.30. The van der Waals surface area contributed by atoms with Crippen LogP contribution in [-0.2, 0) is 0 Å². The van der Waals surface area contributed by atoms with Gasteiger partial charge in [0.25, 0.3) is 5.91 Å². The van der Waals surface area contributed by atoms with E-state index in [-0.39, 0.29) is 18.6 Å². The lowest BCUT2D eigenvalue weighted by atomic mass is 10.2. The normalized spacial score (nSPS) is 19.0. The maximum Gasteiger partial charge on any atom is 0.276 e. The lowest BCUT2D eigenvalue weighted by Crippen LogP contribution is -2.37. The van der Waals surface area contributed by atoms with Gasteiger partial charge in [0.05, 0.1) is 17.5 Å². The first-order valence-electron chi connectivity index (χ1n) is 6.22. The average Bonchev–Trinajstić information content (AvgIpc) is 3.16. The summed E-state index contributed by atoms with van der Waals surface area (Å²) in [6.07, 6.45) is 1.77. The van der Waals surface area contributed by atoms with Gasteiger partial charge in [0.1, 0.15) is 0 Å². The molecule has 0 aliphatic carbocycles. The third-order valence-corrected chi connectivity index (χ3v) is 4.23. The SMILES string of the molecule is O=C(c1cc(-c2cccs2)on1)N1CCC[C@H]1CO. The van der Waals surface area contributed by atoms with Crippen molar-refractivity contribution in [1.29, 1.82) is 0 Å². The predicted molar refractivity (Wildman–Crippen MR) is 71.0 cm³/mol. The van der Waals surface area contributed by atoms with E-state index in [0.717, 1.165) is 17.7 Å². The Morgan fingerprint density at radius 1 is 1.63 bits per heavy atom. The molecule has 1 fully saturated rings. The summed E-state index contributed by atoms with van der Waals surface area (Å²) < 4.78 is 5.21. The van der Waals surface area contributed by atoms with E-state index in [1.54, 1.807) is 11.0 Å². The van der Waals surface area contributed by atoms with E-state index in [9.17, 15) is 9.90 Å². The van der Waals surface area contributed by atoms with Gasteiger partial charge < -0.3 is 14.5 Å². The molecule has 1 amide bonds. The molecule has 3 heterocycles. The van der Waals surface area contributed by atoms with Gasteiger partial charge in [-0.05, 0) is 24.3 Å². The molecular weight excluding hydrogens is 264 g/mol. The number of aromatic nitrogens is 1. The van der Waals surface area contributed by atoms with E-state index < -0.39 is 0 Å². The Balaban J connectivity index is 1.81. The molecule has 0 aromatic carbocycles. The summed E-state index contributed by atoms with van der Waals surface area (Å²) in [5, 5.41) is 15.0. The summed E-state index contributed by atoms with van der Waals surface area (Å²) in [4.78, 5) is 14.9. The number of aliphatic hydroxyl groups excluding tert-OH is 1. The topological polar surface area (TPSA) is 66.6 Å². The molecule has 1 saturated heterocycles. The Morgan fingerprint density at radius 2 is 2.53 bits per heavy atom. The zero-order valence-corrected chi connectivity index (χ0v) is 11.1.